The van der Waals surface area contributed by atoms with E-state index in [1.807, 2.05) is 0 Å². The molecule has 0 bridgehead atoms. The Bertz CT molecular complexity index is 468. The topological polar surface area (TPSA) is 113 Å². The van der Waals surface area contributed by atoms with Crippen LogP contribution in [0, 0.1) is 10.1 Å². The van der Waals surface area contributed by atoms with Crippen LogP contribution in [0.1, 0.15) is 25.7 Å². The molecule has 1 aromatic rings. The van der Waals surface area contributed by atoms with Gasteiger partial charge in [-0.25, -0.2) is 4.98 Å². The van der Waals surface area contributed by atoms with Crippen molar-refractivity contribution in [3.05, 3.63) is 16.4 Å². The number of ether oxygens (including phenoxy) is 2. The highest BCUT2D eigenvalue weighted by Crippen LogP contribution is 2.32. The Labute approximate surface area is 110 Å². The molecule has 2 rings (SSSR count). The lowest BCUT2D eigenvalue weighted by molar-refractivity contribution is -0.385. The third-order valence-corrected chi connectivity index (χ3v) is 3.19. The maximum Gasteiger partial charge on any atom is 0.372 e. The Morgan fingerprint density at radius 2 is 2.16 bits per heavy atom. The van der Waals surface area contributed by atoms with E-state index in [0.29, 0.717) is 6.42 Å². The highest BCUT2D eigenvalue weighted by atomic mass is 16.6. The molecule has 2 N–H and O–H groups in total. The largest absolute Gasteiger partial charge is 0.469 e. The molecule has 1 heterocycles. The van der Waals surface area contributed by atoms with Gasteiger partial charge in [0.1, 0.15) is 12.4 Å². The molecular weight excluding hydrogens is 252 g/mol. The summed E-state index contributed by atoms with van der Waals surface area (Å²) in [6.45, 7) is 0. The Morgan fingerprint density at radius 3 is 2.84 bits per heavy atom. The van der Waals surface area contributed by atoms with Gasteiger partial charge in [0.05, 0.1) is 11.0 Å². The first-order chi connectivity index (χ1) is 9.11. The molecule has 0 aromatic carbocycles. The van der Waals surface area contributed by atoms with Crippen molar-refractivity contribution in [1.82, 2.24) is 9.97 Å². The molecule has 1 aliphatic carbocycles. The zero-order valence-corrected chi connectivity index (χ0v) is 10.6. The standard InChI is InChI=1S/C11H16N4O4/c1-18-7-3-2-4-8(5-7)19-11-9(15(16)17)10(12)13-6-14-11/h6-8H,2-5H2,1H3,(H2,12,13,14). The number of nitrogen functional groups attached to an aromatic ring is 1. The maximum absolute atomic E-state index is 10.9. The Hall–Kier alpha value is -1.96. The summed E-state index contributed by atoms with van der Waals surface area (Å²) in [5.74, 6) is -0.256. The molecule has 8 heteroatoms. The summed E-state index contributed by atoms with van der Waals surface area (Å²) < 4.78 is 10.9. The van der Waals surface area contributed by atoms with E-state index in [1.165, 1.54) is 0 Å². The number of nitro groups is 1. The Balaban J connectivity index is 2.14. The summed E-state index contributed by atoms with van der Waals surface area (Å²) >= 11 is 0. The number of nitrogens with two attached hydrogens (primary N) is 1. The van der Waals surface area contributed by atoms with Gasteiger partial charge in [0, 0.05) is 13.5 Å². The van der Waals surface area contributed by atoms with Crippen LogP contribution < -0.4 is 10.5 Å². The summed E-state index contributed by atoms with van der Waals surface area (Å²) in [6, 6.07) is 0. The lowest BCUT2D eigenvalue weighted by Gasteiger charge is -2.28. The first kappa shape index (κ1) is 13.5. The SMILES string of the molecule is COC1CCCC(Oc2ncnc(N)c2[N+](=O)[O-])C1. The van der Waals surface area contributed by atoms with Gasteiger partial charge in [-0.1, -0.05) is 0 Å². The van der Waals surface area contributed by atoms with Crippen molar-refractivity contribution in [1.29, 1.82) is 0 Å². The number of nitrogens with zero attached hydrogens (tertiary/aromatic N) is 3. The second-order valence-corrected chi connectivity index (χ2v) is 4.43. The van der Waals surface area contributed by atoms with Gasteiger partial charge >= 0.3 is 5.69 Å². The second-order valence-electron chi connectivity index (χ2n) is 4.43. The van der Waals surface area contributed by atoms with Gasteiger partial charge in [0.2, 0.25) is 5.82 Å². The average Bonchev–Trinajstić information content (AvgIpc) is 2.38. The zero-order chi connectivity index (χ0) is 13.8. The molecule has 1 aliphatic rings. The lowest BCUT2D eigenvalue weighted by Crippen LogP contribution is -2.30. The third kappa shape index (κ3) is 3.08. The van der Waals surface area contributed by atoms with Gasteiger partial charge in [-0.3, -0.25) is 10.1 Å². The van der Waals surface area contributed by atoms with E-state index >= 15 is 0 Å². The van der Waals surface area contributed by atoms with Gasteiger partial charge in [0.25, 0.3) is 5.88 Å². The summed E-state index contributed by atoms with van der Waals surface area (Å²) in [5, 5.41) is 10.9. The van der Waals surface area contributed by atoms with Gasteiger partial charge in [-0.2, -0.15) is 4.98 Å². The second kappa shape index (κ2) is 5.79. The number of hydrogen-bond donors (Lipinski definition) is 1. The highest BCUT2D eigenvalue weighted by Gasteiger charge is 2.28. The minimum absolute atomic E-state index is 0.0701. The fraction of sp³-hybridized carbons (Fsp3) is 0.636. The fourth-order valence-electron chi connectivity index (χ4n) is 2.21. The molecule has 104 valence electrons. The van der Waals surface area contributed by atoms with Crippen LogP contribution in [-0.4, -0.2) is 34.2 Å². The number of rotatable bonds is 4. The predicted molar refractivity (Wildman–Crippen MR) is 66.8 cm³/mol. The molecule has 0 saturated heterocycles. The summed E-state index contributed by atoms with van der Waals surface area (Å²) in [4.78, 5) is 17.7. The van der Waals surface area contributed by atoms with Gasteiger partial charge in [-0.15, -0.1) is 0 Å². The van der Waals surface area contributed by atoms with E-state index in [4.69, 9.17) is 15.2 Å². The first-order valence-corrected chi connectivity index (χ1v) is 6.06. The molecule has 2 atom stereocenters. The number of hydrogen-bond acceptors (Lipinski definition) is 7. The van der Waals surface area contributed by atoms with Crippen LogP contribution >= 0.6 is 0 Å². The predicted octanol–water partition coefficient (Wildman–Crippen LogP) is 1.30. The minimum atomic E-state index is -0.624. The van der Waals surface area contributed by atoms with E-state index in [2.05, 4.69) is 9.97 Å². The highest BCUT2D eigenvalue weighted by molar-refractivity contribution is 5.57. The molecule has 0 aliphatic heterocycles. The molecule has 1 saturated carbocycles. The maximum atomic E-state index is 10.9. The van der Waals surface area contributed by atoms with Crippen molar-refractivity contribution in [2.75, 3.05) is 12.8 Å². The summed E-state index contributed by atoms with van der Waals surface area (Å²) in [6.07, 6.45) is 4.58. The van der Waals surface area contributed by atoms with Gasteiger partial charge in [-0.05, 0) is 19.3 Å². The zero-order valence-electron chi connectivity index (χ0n) is 10.6. The lowest BCUT2D eigenvalue weighted by atomic mass is 9.95. The number of aromatic nitrogens is 2. The van der Waals surface area contributed by atoms with E-state index in [9.17, 15) is 10.1 Å². The van der Waals surface area contributed by atoms with E-state index < -0.39 is 4.92 Å². The number of methoxy groups -OCH3 is 1. The molecule has 2 unspecified atom stereocenters. The van der Waals surface area contributed by atoms with Crippen LogP contribution in [0.3, 0.4) is 0 Å². The molecule has 0 spiro atoms. The van der Waals surface area contributed by atoms with Crippen molar-refractivity contribution >= 4 is 11.5 Å². The van der Waals surface area contributed by atoms with Crippen LogP contribution in [0.2, 0.25) is 0 Å². The Morgan fingerprint density at radius 1 is 1.42 bits per heavy atom. The molecule has 1 fully saturated rings. The molecule has 19 heavy (non-hydrogen) atoms. The van der Waals surface area contributed by atoms with Crippen LogP contribution in [0.5, 0.6) is 5.88 Å². The van der Waals surface area contributed by atoms with Crippen molar-refractivity contribution in [2.45, 2.75) is 37.9 Å². The van der Waals surface area contributed by atoms with Crippen LogP contribution in [-0.2, 0) is 4.74 Å². The smallest absolute Gasteiger partial charge is 0.372 e. The van der Waals surface area contributed by atoms with Crippen molar-refractivity contribution in [2.24, 2.45) is 0 Å². The van der Waals surface area contributed by atoms with E-state index in [1.54, 1.807) is 7.11 Å². The average molecular weight is 268 g/mol. The van der Waals surface area contributed by atoms with E-state index in [-0.39, 0.29) is 29.6 Å². The summed E-state index contributed by atoms with van der Waals surface area (Å²) in [5.41, 5.74) is 5.11. The molecule has 0 amide bonds. The fourth-order valence-corrected chi connectivity index (χ4v) is 2.21. The van der Waals surface area contributed by atoms with E-state index in [0.717, 1.165) is 25.6 Å². The van der Waals surface area contributed by atoms with Crippen molar-refractivity contribution in [3.8, 4) is 5.88 Å². The monoisotopic (exact) mass is 268 g/mol. The normalized spacial score (nSPS) is 23.0. The van der Waals surface area contributed by atoms with Gasteiger partial charge < -0.3 is 15.2 Å². The van der Waals surface area contributed by atoms with Crippen molar-refractivity contribution < 1.29 is 14.4 Å². The molecule has 0 radical (unpaired) electrons. The molecule has 1 aromatic heterocycles. The third-order valence-electron chi connectivity index (χ3n) is 3.19. The summed E-state index contributed by atoms with van der Waals surface area (Å²) in [7, 11) is 1.65. The first-order valence-electron chi connectivity index (χ1n) is 6.06. The number of anilines is 1. The van der Waals surface area contributed by atoms with Crippen LogP contribution in [0.25, 0.3) is 0 Å². The molecule has 8 nitrogen and oxygen atoms in total. The van der Waals surface area contributed by atoms with Crippen molar-refractivity contribution in [3.63, 3.8) is 0 Å². The molecular formula is C11H16N4O4. The van der Waals surface area contributed by atoms with Gasteiger partial charge in [0.15, 0.2) is 0 Å². The van der Waals surface area contributed by atoms with Crippen LogP contribution in [0.15, 0.2) is 6.33 Å². The Kier molecular flexibility index (Phi) is 4.10. The quantitative estimate of drug-likeness (QED) is 0.646. The minimum Gasteiger partial charge on any atom is -0.469 e. The van der Waals surface area contributed by atoms with Crippen LogP contribution in [0.4, 0.5) is 11.5 Å².